The van der Waals surface area contributed by atoms with Crippen molar-refractivity contribution in [3.05, 3.63) is 35.6 Å². The highest BCUT2D eigenvalue weighted by Crippen LogP contribution is 2.29. The second-order valence-electron chi connectivity index (χ2n) is 4.26. The highest BCUT2D eigenvalue weighted by molar-refractivity contribution is 5.35. The zero-order chi connectivity index (χ0) is 10.6. The summed E-state index contributed by atoms with van der Waals surface area (Å²) in [6.45, 7) is 13.8. The van der Waals surface area contributed by atoms with Gasteiger partial charge < -0.3 is 5.11 Å². The van der Waals surface area contributed by atoms with E-state index in [1.807, 2.05) is 46.8 Å². The molecule has 0 saturated carbocycles. The maximum Gasteiger partial charge on any atom is 0.121 e. The fourth-order valence-electron chi connectivity index (χ4n) is 0.922. The molecule has 0 radical (unpaired) electrons. The summed E-state index contributed by atoms with van der Waals surface area (Å²) in [7, 11) is 0. The molecule has 0 rings (SSSR count). The summed E-state index contributed by atoms with van der Waals surface area (Å²) in [5.41, 5.74) is 1.57. The first-order valence-corrected chi connectivity index (χ1v) is 4.53. The van der Waals surface area contributed by atoms with Crippen LogP contribution in [0.25, 0.3) is 0 Å². The Balaban J connectivity index is 4.90. The molecule has 0 aliphatic rings. The number of allylic oxidation sites excluding steroid dienone is 4. The minimum atomic E-state index is -0.0765. The van der Waals surface area contributed by atoms with Crippen LogP contribution in [-0.4, -0.2) is 5.11 Å². The number of hydrogen-bond acceptors (Lipinski definition) is 1. The zero-order valence-corrected chi connectivity index (χ0v) is 9.31. The van der Waals surface area contributed by atoms with Crippen LogP contribution in [0.5, 0.6) is 0 Å². The highest BCUT2D eigenvalue weighted by Gasteiger charge is 2.18. The Morgan fingerprint density at radius 3 is 2.08 bits per heavy atom. The quantitative estimate of drug-likeness (QED) is 0.503. The summed E-state index contributed by atoms with van der Waals surface area (Å²) in [5, 5.41) is 9.78. The van der Waals surface area contributed by atoms with E-state index in [0.717, 1.165) is 11.1 Å². The van der Waals surface area contributed by atoms with Gasteiger partial charge in [0, 0.05) is 0 Å². The van der Waals surface area contributed by atoms with Gasteiger partial charge in [-0.25, -0.2) is 0 Å². The lowest BCUT2D eigenvalue weighted by atomic mass is 9.85. The molecule has 1 heteroatoms. The summed E-state index contributed by atoms with van der Waals surface area (Å²) in [6.07, 6.45) is 3.79. The van der Waals surface area contributed by atoms with Gasteiger partial charge in [0.25, 0.3) is 0 Å². The molecule has 1 nitrogen and oxygen atoms in total. The van der Waals surface area contributed by atoms with E-state index in [9.17, 15) is 5.11 Å². The van der Waals surface area contributed by atoms with Crippen molar-refractivity contribution in [2.24, 2.45) is 5.41 Å². The first-order valence-electron chi connectivity index (χ1n) is 4.53. The molecule has 0 aliphatic heterocycles. The molecular formula is C12H20O. The monoisotopic (exact) mass is 180 g/mol. The van der Waals surface area contributed by atoms with Crippen molar-refractivity contribution >= 4 is 0 Å². The molecule has 0 bridgehead atoms. The lowest BCUT2D eigenvalue weighted by molar-refractivity contribution is 0.376. The van der Waals surface area contributed by atoms with Crippen LogP contribution in [0.4, 0.5) is 0 Å². The molecule has 0 unspecified atom stereocenters. The van der Waals surface area contributed by atoms with Crippen LogP contribution < -0.4 is 0 Å². The van der Waals surface area contributed by atoms with Gasteiger partial charge >= 0.3 is 0 Å². The minimum absolute atomic E-state index is 0.0765. The predicted octanol–water partition coefficient (Wildman–Crippen LogP) is 4.00. The van der Waals surface area contributed by atoms with E-state index in [2.05, 4.69) is 6.58 Å². The van der Waals surface area contributed by atoms with Crippen LogP contribution >= 0.6 is 0 Å². The van der Waals surface area contributed by atoms with E-state index in [1.165, 1.54) is 0 Å². The Morgan fingerprint density at radius 1 is 1.31 bits per heavy atom. The summed E-state index contributed by atoms with van der Waals surface area (Å²) >= 11 is 0. The van der Waals surface area contributed by atoms with Crippen molar-refractivity contribution in [3.63, 3.8) is 0 Å². The molecule has 0 aromatic rings. The molecule has 0 aromatic carbocycles. The van der Waals surface area contributed by atoms with Crippen LogP contribution in [0.2, 0.25) is 0 Å². The predicted molar refractivity (Wildman–Crippen MR) is 58.7 cm³/mol. The van der Waals surface area contributed by atoms with Gasteiger partial charge in [-0.3, -0.25) is 0 Å². The maximum atomic E-state index is 9.78. The van der Waals surface area contributed by atoms with E-state index < -0.39 is 0 Å². The maximum absolute atomic E-state index is 9.78. The standard InChI is InChI=1S/C12H20O/c1-7-8-9(2)11(13)10(3)12(4,5)6/h7-8,13H,3H2,1-2,4-6H3/b8-7-,11-9+. The normalized spacial score (nSPS) is 14.5. The van der Waals surface area contributed by atoms with E-state index in [-0.39, 0.29) is 5.41 Å². The van der Waals surface area contributed by atoms with E-state index >= 15 is 0 Å². The van der Waals surface area contributed by atoms with Gasteiger partial charge in [0.2, 0.25) is 0 Å². The van der Waals surface area contributed by atoms with Crippen molar-refractivity contribution in [3.8, 4) is 0 Å². The second-order valence-corrected chi connectivity index (χ2v) is 4.26. The van der Waals surface area contributed by atoms with Gasteiger partial charge in [0.1, 0.15) is 5.76 Å². The van der Waals surface area contributed by atoms with E-state index in [0.29, 0.717) is 5.76 Å². The minimum Gasteiger partial charge on any atom is -0.507 e. The largest absolute Gasteiger partial charge is 0.507 e. The third-order valence-corrected chi connectivity index (χ3v) is 1.98. The van der Waals surface area contributed by atoms with Crippen LogP contribution in [-0.2, 0) is 0 Å². The fourth-order valence-corrected chi connectivity index (χ4v) is 0.922. The van der Waals surface area contributed by atoms with Crippen molar-refractivity contribution < 1.29 is 5.11 Å². The van der Waals surface area contributed by atoms with Crippen molar-refractivity contribution in [2.75, 3.05) is 0 Å². The van der Waals surface area contributed by atoms with E-state index in [4.69, 9.17) is 0 Å². The number of aliphatic hydroxyl groups excluding tert-OH is 1. The number of hydrogen-bond donors (Lipinski definition) is 1. The average molecular weight is 180 g/mol. The average Bonchev–Trinajstić information content (AvgIpc) is 2.00. The zero-order valence-electron chi connectivity index (χ0n) is 9.31. The molecule has 13 heavy (non-hydrogen) atoms. The molecule has 0 fully saturated rings. The summed E-state index contributed by atoms with van der Waals surface area (Å²) < 4.78 is 0. The van der Waals surface area contributed by atoms with Crippen LogP contribution in [0, 0.1) is 5.41 Å². The third-order valence-electron chi connectivity index (χ3n) is 1.98. The van der Waals surface area contributed by atoms with Crippen LogP contribution in [0.3, 0.4) is 0 Å². The molecule has 0 saturated heterocycles. The molecule has 74 valence electrons. The Bertz CT molecular complexity index is 249. The van der Waals surface area contributed by atoms with Gasteiger partial charge in [0.15, 0.2) is 0 Å². The Kier molecular flexibility index (Phi) is 3.99. The molecular weight excluding hydrogens is 160 g/mol. The Hall–Kier alpha value is -0.980. The molecule has 0 spiro atoms. The Morgan fingerprint density at radius 2 is 1.77 bits per heavy atom. The third kappa shape index (κ3) is 3.49. The molecule has 0 heterocycles. The summed E-state index contributed by atoms with van der Waals surface area (Å²) in [5.74, 6) is 0.311. The molecule has 1 N–H and O–H groups in total. The first kappa shape index (κ1) is 12.0. The lowest BCUT2D eigenvalue weighted by Gasteiger charge is -2.21. The second kappa shape index (κ2) is 4.31. The van der Waals surface area contributed by atoms with E-state index in [1.54, 1.807) is 0 Å². The SMILES string of the molecule is C=C(/C(O)=C(C)\C=C/C)C(C)(C)C. The Labute approximate surface area is 81.5 Å². The number of rotatable bonds is 2. The van der Waals surface area contributed by atoms with Gasteiger partial charge in [-0.05, 0) is 30.4 Å². The molecule has 0 atom stereocenters. The van der Waals surface area contributed by atoms with Crippen LogP contribution in [0.1, 0.15) is 34.6 Å². The fraction of sp³-hybridized carbons (Fsp3) is 0.500. The molecule has 0 amide bonds. The summed E-state index contributed by atoms with van der Waals surface area (Å²) in [6, 6.07) is 0. The van der Waals surface area contributed by atoms with Crippen molar-refractivity contribution in [2.45, 2.75) is 34.6 Å². The van der Waals surface area contributed by atoms with Crippen molar-refractivity contribution in [1.29, 1.82) is 0 Å². The van der Waals surface area contributed by atoms with Gasteiger partial charge in [-0.15, -0.1) is 0 Å². The van der Waals surface area contributed by atoms with Gasteiger partial charge in [-0.2, -0.15) is 0 Å². The lowest BCUT2D eigenvalue weighted by Crippen LogP contribution is -2.11. The number of aliphatic hydroxyl groups is 1. The smallest absolute Gasteiger partial charge is 0.121 e. The molecule has 0 aliphatic carbocycles. The van der Waals surface area contributed by atoms with Crippen LogP contribution in [0.15, 0.2) is 35.6 Å². The van der Waals surface area contributed by atoms with Crippen molar-refractivity contribution in [1.82, 2.24) is 0 Å². The van der Waals surface area contributed by atoms with Gasteiger partial charge in [0.05, 0.1) is 0 Å². The first-order chi connectivity index (χ1) is 5.80. The van der Waals surface area contributed by atoms with Gasteiger partial charge in [-0.1, -0.05) is 39.5 Å². The molecule has 0 aromatic heterocycles. The topological polar surface area (TPSA) is 20.2 Å². The summed E-state index contributed by atoms with van der Waals surface area (Å²) in [4.78, 5) is 0. The highest BCUT2D eigenvalue weighted by atomic mass is 16.3.